The molecule has 24 heavy (non-hydrogen) atoms. The van der Waals surface area contributed by atoms with E-state index < -0.39 is 6.10 Å². The van der Waals surface area contributed by atoms with E-state index in [0.29, 0.717) is 13.0 Å². The maximum atomic E-state index is 9.88. The molecule has 3 nitrogen and oxygen atoms in total. The first-order valence-corrected chi connectivity index (χ1v) is 8.23. The second kappa shape index (κ2) is 10.7. The molecule has 130 valence electrons. The molecule has 1 rings (SSSR count). The molecule has 0 saturated carbocycles. The predicted octanol–water partition coefficient (Wildman–Crippen LogP) is 4.12. The quantitative estimate of drug-likeness (QED) is 0.518. The zero-order valence-corrected chi connectivity index (χ0v) is 14.9. The fourth-order valence-corrected chi connectivity index (χ4v) is 2.46. The second-order valence-electron chi connectivity index (χ2n) is 5.77. The molecule has 0 aliphatic rings. The Morgan fingerprint density at radius 1 is 1.38 bits per heavy atom. The molecule has 0 radical (unpaired) electrons. The van der Waals surface area contributed by atoms with E-state index in [2.05, 4.69) is 12.5 Å². The van der Waals surface area contributed by atoms with Crippen LogP contribution in [-0.4, -0.2) is 24.4 Å². The van der Waals surface area contributed by atoms with Crippen molar-refractivity contribution in [2.24, 2.45) is 5.92 Å². The van der Waals surface area contributed by atoms with Crippen LogP contribution in [0.2, 0.25) is 0 Å². The summed E-state index contributed by atoms with van der Waals surface area (Å²) < 4.78 is 11.2. The van der Waals surface area contributed by atoms with E-state index in [0.717, 1.165) is 23.3 Å². The van der Waals surface area contributed by atoms with Crippen LogP contribution in [-0.2, 0) is 11.3 Å². The first kappa shape index (κ1) is 20.0. The Labute approximate surface area is 146 Å². The molecule has 0 fully saturated rings. The van der Waals surface area contributed by atoms with Gasteiger partial charge in [-0.3, -0.25) is 0 Å². The lowest BCUT2D eigenvalue weighted by molar-refractivity contribution is 0.0654. The summed E-state index contributed by atoms with van der Waals surface area (Å²) in [6.07, 6.45) is 9.83. The van der Waals surface area contributed by atoms with Crippen molar-refractivity contribution in [2.45, 2.75) is 45.5 Å². The smallest absolute Gasteiger partial charge is 0.120 e. The summed E-state index contributed by atoms with van der Waals surface area (Å²) in [6.45, 7) is 8.33. The number of hydrogen-bond donors (Lipinski definition) is 1. The van der Waals surface area contributed by atoms with E-state index in [1.807, 2.05) is 50.3 Å². The van der Waals surface area contributed by atoms with Gasteiger partial charge in [0.15, 0.2) is 0 Å². The molecule has 3 atom stereocenters. The van der Waals surface area contributed by atoms with Crippen molar-refractivity contribution < 1.29 is 14.6 Å². The van der Waals surface area contributed by atoms with Crippen molar-refractivity contribution in [3.63, 3.8) is 0 Å². The predicted molar refractivity (Wildman–Crippen MR) is 98.8 cm³/mol. The number of hydrogen-bond acceptors (Lipinski definition) is 3. The lowest BCUT2D eigenvalue weighted by Crippen LogP contribution is -2.19. The van der Waals surface area contributed by atoms with Gasteiger partial charge in [-0.25, -0.2) is 0 Å². The molecule has 0 unspecified atom stereocenters. The van der Waals surface area contributed by atoms with Gasteiger partial charge in [0.2, 0.25) is 0 Å². The second-order valence-corrected chi connectivity index (χ2v) is 5.77. The molecule has 0 amide bonds. The van der Waals surface area contributed by atoms with Gasteiger partial charge in [0.1, 0.15) is 11.9 Å². The maximum Gasteiger partial charge on any atom is 0.120 e. The minimum Gasteiger partial charge on any atom is -0.497 e. The SMILES string of the molecule is C#C[C@H](O)[C@H](/C=C(\C)[C@H](CC=C)OCc1ccc(OC)cc1)CC. The molecule has 0 saturated heterocycles. The molecular weight excluding hydrogens is 300 g/mol. The summed E-state index contributed by atoms with van der Waals surface area (Å²) in [7, 11) is 1.65. The third-order valence-electron chi connectivity index (χ3n) is 4.02. The first-order chi connectivity index (χ1) is 11.5. The number of methoxy groups -OCH3 is 1. The van der Waals surface area contributed by atoms with Crippen LogP contribution >= 0.6 is 0 Å². The normalized spacial score (nSPS) is 15.2. The van der Waals surface area contributed by atoms with Crippen LogP contribution in [0.3, 0.4) is 0 Å². The van der Waals surface area contributed by atoms with E-state index >= 15 is 0 Å². The van der Waals surface area contributed by atoms with Gasteiger partial charge in [0.05, 0.1) is 19.8 Å². The number of rotatable bonds is 10. The van der Waals surface area contributed by atoms with Crippen molar-refractivity contribution in [1.82, 2.24) is 0 Å². The first-order valence-electron chi connectivity index (χ1n) is 8.23. The molecule has 1 N–H and O–H groups in total. The molecular formula is C21H28O3. The Balaban J connectivity index is 2.77. The number of aliphatic hydroxyl groups is 1. The van der Waals surface area contributed by atoms with E-state index in [-0.39, 0.29) is 12.0 Å². The highest BCUT2D eigenvalue weighted by Crippen LogP contribution is 2.20. The molecule has 0 aromatic heterocycles. The zero-order valence-electron chi connectivity index (χ0n) is 14.9. The Morgan fingerprint density at radius 2 is 2.04 bits per heavy atom. The molecule has 0 heterocycles. The third kappa shape index (κ3) is 6.23. The van der Waals surface area contributed by atoms with E-state index in [9.17, 15) is 5.11 Å². The molecule has 0 aliphatic heterocycles. The summed E-state index contributed by atoms with van der Waals surface area (Å²) in [5.41, 5.74) is 2.14. The molecule has 3 heteroatoms. The van der Waals surface area contributed by atoms with Crippen LogP contribution in [0, 0.1) is 18.3 Å². The summed E-state index contributed by atoms with van der Waals surface area (Å²) in [6, 6.07) is 7.81. The van der Waals surface area contributed by atoms with Crippen LogP contribution in [0.15, 0.2) is 48.6 Å². The summed E-state index contributed by atoms with van der Waals surface area (Å²) in [5.74, 6) is 3.16. The van der Waals surface area contributed by atoms with Gasteiger partial charge >= 0.3 is 0 Å². The molecule has 0 spiro atoms. The van der Waals surface area contributed by atoms with Gasteiger partial charge in [0.25, 0.3) is 0 Å². The fraction of sp³-hybridized carbons (Fsp3) is 0.429. The van der Waals surface area contributed by atoms with Gasteiger partial charge in [-0.2, -0.15) is 0 Å². The summed E-state index contributed by atoms with van der Waals surface area (Å²) in [5, 5.41) is 9.88. The van der Waals surface area contributed by atoms with Crippen LogP contribution in [0.5, 0.6) is 5.75 Å². The van der Waals surface area contributed by atoms with Crippen molar-refractivity contribution in [3.8, 4) is 18.1 Å². The number of benzene rings is 1. The average Bonchev–Trinajstić information content (AvgIpc) is 2.62. The van der Waals surface area contributed by atoms with Gasteiger partial charge in [-0.15, -0.1) is 13.0 Å². The van der Waals surface area contributed by atoms with Gasteiger partial charge in [-0.1, -0.05) is 37.1 Å². The number of terminal acetylenes is 1. The summed E-state index contributed by atoms with van der Waals surface area (Å²) >= 11 is 0. The van der Waals surface area contributed by atoms with Crippen molar-refractivity contribution in [3.05, 3.63) is 54.1 Å². The van der Waals surface area contributed by atoms with Gasteiger partial charge < -0.3 is 14.6 Å². The highest BCUT2D eigenvalue weighted by atomic mass is 16.5. The zero-order chi connectivity index (χ0) is 17.9. The lowest BCUT2D eigenvalue weighted by atomic mass is 9.95. The minimum absolute atomic E-state index is 0.0631. The Hall–Kier alpha value is -2.02. The molecule has 0 aliphatic carbocycles. The fourth-order valence-electron chi connectivity index (χ4n) is 2.46. The Morgan fingerprint density at radius 3 is 2.54 bits per heavy atom. The molecule has 1 aromatic carbocycles. The number of ether oxygens (including phenoxy) is 2. The summed E-state index contributed by atoms with van der Waals surface area (Å²) in [4.78, 5) is 0. The highest BCUT2D eigenvalue weighted by molar-refractivity contribution is 5.26. The van der Waals surface area contributed by atoms with Crippen LogP contribution in [0.1, 0.15) is 32.3 Å². The number of aliphatic hydroxyl groups excluding tert-OH is 1. The standard InChI is InChI=1S/C21H28O3/c1-6-9-21(16(4)14-18(7-2)20(22)8-3)24-15-17-10-12-19(23-5)13-11-17/h3,6,10-14,18,20-22H,1,7,9,15H2,2,4-5H3/b16-14+/t18-,20-,21-/m0/s1. The van der Waals surface area contributed by atoms with Crippen molar-refractivity contribution in [1.29, 1.82) is 0 Å². The van der Waals surface area contributed by atoms with Gasteiger partial charge in [0, 0.05) is 5.92 Å². The molecule has 1 aromatic rings. The van der Waals surface area contributed by atoms with E-state index in [1.165, 1.54) is 0 Å². The van der Waals surface area contributed by atoms with Crippen LogP contribution in [0.25, 0.3) is 0 Å². The van der Waals surface area contributed by atoms with Crippen LogP contribution < -0.4 is 4.74 Å². The average molecular weight is 328 g/mol. The monoisotopic (exact) mass is 328 g/mol. The maximum absolute atomic E-state index is 9.88. The molecule has 0 bridgehead atoms. The van der Waals surface area contributed by atoms with Gasteiger partial charge in [-0.05, 0) is 43.0 Å². The van der Waals surface area contributed by atoms with Crippen LogP contribution in [0.4, 0.5) is 0 Å². The Bertz CT molecular complexity index is 566. The van der Waals surface area contributed by atoms with E-state index in [4.69, 9.17) is 15.9 Å². The lowest BCUT2D eigenvalue weighted by Gasteiger charge is -2.21. The van der Waals surface area contributed by atoms with Crippen molar-refractivity contribution >= 4 is 0 Å². The third-order valence-corrected chi connectivity index (χ3v) is 4.02. The minimum atomic E-state index is -0.768. The van der Waals surface area contributed by atoms with E-state index in [1.54, 1.807) is 7.11 Å². The Kier molecular flexibility index (Phi) is 8.93. The topological polar surface area (TPSA) is 38.7 Å². The largest absolute Gasteiger partial charge is 0.497 e. The highest BCUT2D eigenvalue weighted by Gasteiger charge is 2.16. The van der Waals surface area contributed by atoms with Crippen molar-refractivity contribution in [2.75, 3.05) is 7.11 Å².